The largest absolute Gasteiger partial charge is 0.299 e. The van der Waals surface area contributed by atoms with Crippen molar-refractivity contribution in [3.63, 3.8) is 0 Å². The van der Waals surface area contributed by atoms with Gasteiger partial charge in [-0.25, -0.2) is 8.42 Å². The second-order valence-corrected chi connectivity index (χ2v) is 9.92. The molecule has 0 atom stereocenters. The van der Waals surface area contributed by atoms with Crippen LogP contribution in [0.4, 0.5) is 0 Å². The number of rotatable bonds is 4. The van der Waals surface area contributed by atoms with Gasteiger partial charge in [0.05, 0.1) is 4.90 Å². The second-order valence-electron chi connectivity index (χ2n) is 7.62. The van der Waals surface area contributed by atoms with Crippen LogP contribution >= 0.6 is 11.6 Å². The Labute approximate surface area is 166 Å². The number of sulfonamides is 1. The summed E-state index contributed by atoms with van der Waals surface area (Å²) in [6.45, 7) is 3.36. The molecule has 2 aromatic carbocycles. The van der Waals surface area contributed by atoms with Gasteiger partial charge in [-0.2, -0.15) is 4.31 Å². The normalized spacial score (nSPS) is 20.9. The molecule has 0 aliphatic carbocycles. The second kappa shape index (κ2) is 7.55. The van der Waals surface area contributed by atoms with Crippen LogP contribution in [0.15, 0.2) is 59.5 Å². The van der Waals surface area contributed by atoms with Crippen LogP contribution in [-0.4, -0.2) is 42.8 Å². The summed E-state index contributed by atoms with van der Waals surface area (Å²) in [4.78, 5) is 2.83. The molecule has 2 fully saturated rings. The van der Waals surface area contributed by atoms with Crippen molar-refractivity contribution in [3.05, 3.63) is 65.2 Å². The molecule has 2 aliphatic rings. The van der Waals surface area contributed by atoms with Gasteiger partial charge < -0.3 is 0 Å². The molecule has 4 nitrogen and oxygen atoms in total. The van der Waals surface area contributed by atoms with Crippen LogP contribution in [0.2, 0.25) is 5.02 Å². The van der Waals surface area contributed by atoms with Crippen LogP contribution in [0.1, 0.15) is 31.2 Å². The Kier molecular flexibility index (Phi) is 5.30. The summed E-state index contributed by atoms with van der Waals surface area (Å²) in [5, 5.41) is 0.754. The van der Waals surface area contributed by atoms with E-state index in [9.17, 15) is 8.42 Å². The van der Waals surface area contributed by atoms with E-state index in [4.69, 9.17) is 11.6 Å². The first kappa shape index (κ1) is 18.9. The van der Waals surface area contributed by atoms with Crippen LogP contribution in [0.25, 0.3) is 0 Å². The van der Waals surface area contributed by atoms with Crippen molar-refractivity contribution in [2.75, 3.05) is 19.6 Å². The van der Waals surface area contributed by atoms with E-state index in [1.807, 2.05) is 18.2 Å². The third-order valence-corrected chi connectivity index (χ3v) is 8.24. The van der Waals surface area contributed by atoms with Crippen LogP contribution in [0, 0.1) is 0 Å². The predicted octanol–water partition coefficient (Wildman–Crippen LogP) is 4.16. The molecule has 2 heterocycles. The summed E-state index contributed by atoms with van der Waals surface area (Å²) in [5.41, 5.74) is 1.03. The number of nitrogens with zero attached hydrogens (tertiary/aromatic N) is 2. The highest BCUT2D eigenvalue weighted by molar-refractivity contribution is 7.89. The summed E-state index contributed by atoms with van der Waals surface area (Å²) < 4.78 is 28.2. The molecule has 0 radical (unpaired) electrons. The van der Waals surface area contributed by atoms with Crippen molar-refractivity contribution in [1.82, 2.24) is 9.21 Å². The van der Waals surface area contributed by atoms with E-state index in [-0.39, 0.29) is 5.54 Å². The zero-order chi connectivity index (χ0) is 18.9. The predicted molar refractivity (Wildman–Crippen MR) is 108 cm³/mol. The Morgan fingerprint density at radius 2 is 1.56 bits per heavy atom. The maximum atomic E-state index is 13.2. The Morgan fingerprint density at radius 3 is 2.22 bits per heavy atom. The van der Waals surface area contributed by atoms with E-state index in [0.717, 1.165) is 50.3 Å². The molecule has 0 aromatic heterocycles. The fourth-order valence-electron chi connectivity index (χ4n) is 4.48. The maximum absolute atomic E-state index is 13.2. The molecule has 27 heavy (non-hydrogen) atoms. The molecule has 1 spiro atoms. The lowest BCUT2D eigenvalue weighted by Gasteiger charge is -2.44. The fraction of sp³-hybridized carbons (Fsp3) is 0.429. The molecule has 0 unspecified atom stereocenters. The lowest BCUT2D eigenvalue weighted by molar-refractivity contribution is 0.0980. The van der Waals surface area contributed by atoms with Crippen LogP contribution in [0.3, 0.4) is 0 Å². The van der Waals surface area contributed by atoms with Crippen molar-refractivity contribution in [2.45, 2.75) is 42.7 Å². The number of likely N-dealkylation sites (tertiary alicyclic amines) is 1. The Balaban J connectivity index is 1.47. The molecule has 2 aromatic rings. The first-order valence-electron chi connectivity index (χ1n) is 9.54. The first-order valence-corrected chi connectivity index (χ1v) is 11.4. The minimum atomic E-state index is -3.43. The summed E-state index contributed by atoms with van der Waals surface area (Å²) >= 11 is 5.97. The zero-order valence-electron chi connectivity index (χ0n) is 15.4. The number of hydrogen-bond donors (Lipinski definition) is 0. The molecule has 0 bridgehead atoms. The standard InChI is InChI=1S/C21H25ClN2O2S/c22-19-9-7-18(8-10-19)17-23-15-12-21(13-16-23)11-4-14-24(21)27(25,26)20-5-2-1-3-6-20/h1-3,5-10H,4,11-17H2. The number of piperidine rings is 1. The molecule has 0 saturated carbocycles. The van der Waals surface area contributed by atoms with E-state index >= 15 is 0 Å². The van der Waals surface area contributed by atoms with E-state index in [2.05, 4.69) is 17.0 Å². The molecule has 4 rings (SSSR count). The van der Waals surface area contributed by atoms with Crippen molar-refractivity contribution in [2.24, 2.45) is 0 Å². The highest BCUT2D eigenvalue weighted by Gasteiger charge is 2.48. The Hall–Kier alpha value is -1.40. The fourth-order valence-corrected chi connectivity index (χ4v) is 6.52. The van der Waals surface area contributed by atoms with Gasteiger partial charge >= 0.3 is 0 Å². The molecule has 0 amide bonds. The van der Waals surface area contributed by atoms with E-state index in [1.54, 1.807) is 28.6 Å². The molecular weight excluding hydrogens is 380 g/mol. The van der Waals surface area contributed by atoms with E-state index < -0.39 is 10.0 Å². The van der Waals surface area contributed by atoms with Gasteiger partial charge in [0.1, 0.15) is 0 Å². The van der Waals surface area contributed by atoms with Gasteiger partial charge in [-0.15, -0.1) is 0 Å². The first-order chi connectivity index (χ1) is 13.0. The molecule has 2 aliphatic heterocycles. The average Bonchev–Trinajstić information content (AvgIpc) is 3.10. The third-order valence-electron chi connectivity index (χ3n) is 5.97. The van der Waals surface area contributed by atoms with E-state index in [1.165, 1.54) is 5.56 Å². The Bertz CT molecular complexity index is 876. The maximum Gasteiger partial charge on any atom is 0.243 e. The van der Waals surface area contributed by atoms with E-state index in [0.29, 0.717) is 11.4 Å². The summed E-state index contributed by atoms with van der Waals surface area (Å²) in [7, 11) is -3.43. The van der Waals surface area contributed by atoms with Crippen LogP contribution in [-0.2, 0) is 16.6 Å². The lowest BCUT2D eigenvalue weighted by atomic mass is 9.86. The topological polar surface area (TPSA) is 40.6 Å². The number of benzene rings is 2. The van der Waals surface area contributed by atoms with Gasteiger partial charge in [0, 0.05) is 36.7 Å². The van der Waals surface area contributed by atoms with Gasteiger partial charge in [0.25, 0.3) is 0 Å². The van der Waals surface area contributed by atoms with Gasteiger partial charge in [-0.1, -0.05) is 41.9 Å². The van der Waals surface area contributed by atoms with Crippen molar-refractivity contribution < 1.29 is 8.42 Å². The molecule has 0 N–H and O–H groups in total. The highest BCUT2D eigenvalue weighted by atomic mass is 35.5. The number of halogens is 1. The quantitative estimate of drug-likeness (QED) is 0.768. The number of hydrogen-bond acceptors (Lipinski definition) is 3. The van der Waals surface area contributed by atoms with Crippen LogP contribution in [0.5, 0.6) is 0 Å². The molecule has 6 heteroatoms. The SMILES string of the molecule is O=S(=O)(c1ccccc1)N1CCCC12CCN(Cc1ccc(Cl)cc1)CC2. The van der Waals surface area contributed by atoms with Gasteiger partial charge in [-0.05, 0) is 55.5 Å². The summed E-state index contributed by atoms with van der Waals surface area (Å²) in [6.07, 6.45) is 3.70. The zero-order valence-corrected chi connectivity index (χ0v) is 16.9. The average molecular weight is 405 g/mol. The lowest BCUT2D eigenvalue weighted by Crippen LogP contribution is -2.53. The van der Waals surface area contributed by atoms with Crippen molar-refractivity contribution in [1.29, 1.82) is 0 Å². The van der Waals surface area contributed by atoms with Gasteiger partial charge in [-0.3, -0.25) is 4.90 Å². The van der Waals surface area contributed by atoms with Crippen molar-refractivity contribution >= 4 is 21.6 Å². The van der Waals surface area contributed by atoms with Gasteiger partial charge in [0.2, 0.25) is 10.0 Å². The van der Waals surface area contributed by atoms with Gasteiger partial charge in [0.15, 0.2) is 0 Å². The molecular formula is C21H25ClN2O2S. The monoisotopic (exact) mass is 404 g/mol. The highest BCUT2D eigenvalue weighted by Crippen LogP contribution is 2.42. The summed E-state index contributed by atoms with van der Waals surface area (Å²) in [6, 6.07) is 16.8. The Morgan fingerprint density at radius 1 is 0.889 bits per heavy atom. The minimum Gasteiger partial charge on any atom is -0.299 e. The summed E-state index contributed by atoms with van der Waals surface area (Å²) in [5.74, 6) is 0. The van der Waals surface area contributed by atoms with Crippen molar-refractivity contribution in [3.8, 4) is 0 Å². The minimum absolute atomic E-state index is 0.217. The van der Waals surface area contributed by atoms with Crippen LogP contribution < -0.4 is 0 Å². The molecule has 144 valence electrons. The third kappa shape index (κ3) is 3.79. The molecule has 2 saturated heterocycles. The smallest absolute Gasteiger partial charge is 0.243 e.